The van der Waals surface area contributed by atoms with Crippen LogP contribution < -0.4 is 5.73 Å². The van der Waals surface area contributed by atoms with Crippen LogP contribution in [0.15, 0.2) is 16.7 Å². The van der Waals surface area contributed by atoms with Crippen molar-refractivity contribution in [1.82, 2.24) is 14.5 Å². The first-order valence-corrected chi connectivity index (χ1v) is 7.30. The van der Waals surface area contributed by atoms with Gasteiger partial charge in [0.15, 0.2) is 5.65 Å². The van der Waals surface area contributed by atoms with Crippen molar-refractivity contribution in [2.75, 3.05) is 5.73 Å². The topological polar surface area (TPSA) is 56.7 Å². The van der Waals surface area contributed by atoms with Gasteiger partial charge in [-0.1, -0.05) is 19.3 Å². The summed E-state index contributed by atoms with van der Waals surface area (Å²) in [5, 5.41) is 0. The number of aromatic nitrogens is 3. The zero-order chi connectivity index (χ0) is 12.5. The molecule has 2 aromatic rings. The lowest BCUT2D eigenvalue weighted by atomic mass is 9.89. The van der Waals surface area contributed by atoms with Gasteiger partial charge in [0.1, 0.15) is 5.52 Å². The van der Waals surface area contributed by atoms with Crippen LogP contribution in [0.3, 0.4) is 0 Å². The molecule has 1 saturated carbocycles. The summed E-state index contributed by atoms with van der Waals surface area (Å²) in [6.07, 6.45) is 8.47. The second-order valence-electron chi connectivity index (χ2n) is 5.08. The van der Waals surface area contributed by atoms with Crippen molar-refractivity contribution in [2.24, 2.45) is 5.92 Å². The molecule has 0 atom stereocenters. The molecular formula is C13H17BrN4. The van der Waals surface area contributed by atoms with Gasteiger partial charge in [-0.3, -0.25) is 4.57 Å². The van der Waals surface area contributed by atoms with Crippen molar-refractivity contribution >= 4 is 33.0 Å². The second kappa shape index (κ2) is 4.88. The van der Waals surface area contributed by atoms with Gasteiger partial charge in [-0.05, 0) is 40.8 Å². The van der Waals surface area contributed by atoms with Gasteiger partial charge in [-0.25, -0.2) is 9.97 Å². The van der Waals surface area contributed by atoms with Gasteiger partial charge in [-0.2, -0.15) is 0 Å². The third-order valence-electron chi connectivity index (χ3n) is 3.75. The van der Waals surface area contributed by atoms with Crippen LogP contribution in [0.5, 0.6) is 0 Å². The molecule has 96 valence electrons. The first kappa shape index (κ1) is 12.0. The minimum Gasteiger partial charge on any atom is -0.369 e. The molecule has 0 unspecified atom stereocenters. The van der Waals surface area contributed by atoms with E-state index in [9.17, 15) is 0 Å². The van der Waals surface area contributed by atoms with Crippen molar-refractivity contribution < 1.29 is 0 Å². The molecule has 0 aromatic carbocycles. The fourth-order valence-corrected chi connectivity index (χ4v) is 3.13. The summed E-state index contributed by atoms with van der Waals surface area (Å²) in [4.78, 5) is 8.83. The summed E-state index contributed by atoms with van der Waals surface area (Å²) >= 11 is 3.41. The lowest BCUT2D eigenvalue weighted by Crippen LogP contribution is -2.15. The van der Waals surface area contributed by atoms with E-state index in [2.05, 4.69) is 30.5 Å². The Morgan fingerprint density at radius 2 is 2.11 bits per heavy atom. The fraction of sp³-hybridized carbons (Fsp3) is 0.538. The number of nitrogens with zero attached hydrogens (tertiary/aromatic N) is 3. The third-order valence-corrected chi connectivity index (χ3v) is 4.18. The first-order chi connectivity index (χ1) is 8.74. The molecule has 1 aliphatic carbocycles. The van der Waals surface area contributed by atoms with E-state index in [0.29, 0.717) is 5.95 Å². The summed E-state index contributed by atoms with van der Waals surface area (Å²) in [5.41, 5.74) is 7.79. The summed E-state index contributed by atoms with van der Waals surface area (Å²) in [7, 11) is 0. The first-order valence-electron chi connectivity index (χ1n) is 6.51. The molecule has 1 fully saturated rings. The lowest BCUT2D eigenvalue weighted by molar-refractivity contribution is 0.323. The minimum absolute atomic E-state index is 0.584. The second-order valence-corrected chi connectivity index (χ2v) is 6.00. The molecule has 0 bridgehead atoms. The molecular weight excluding hydrogens is 292 g/mol. The van der Waals surface area contributed by atoms with Gasteiger partial charge < -0.3 is 5.73 Å². The van der Waals surface area contributed by atoms with Crippen molar-refractivity contribution in [3.05, 3.63) is 16.7 Å². The Morgan fingerprint density at radius 1 is 1.33 bits per heavy atom. The number of rotatable bonds is 2. The van der Waals surface area contributed by atoms with Crippen molar-refractivity contribution in [3.8, 4) is 0 Å². The third kappa shape index (κ3) is 2.23. The van der Waals surface area contributed by atoms with E-state index in [-0.39, 0.29) is 0 Å². The van der Waals surface area contributed by atoms with E-state index in [4.69, 9.17) is 5.73 Å². The number of halogens is 1. The van der Waals surface area contributed by atoms with Gasteiger partial charge in [0, 0.05) is 17.2 Å². The Morgan fingerprint density at radius 3 is 2.89 bits per heavy atom. The molecule has 0 radical (unpaired) electrons. The molecule has 2 N–H and O–H groups in total. The number of hydrogen-bond acceptors (Lipinski definition) is 3. The number of nitrogens with two attached hydrogens (primary N) is 1. The largest absolute Gasteiger partial charge is 0.369 e. The van der Waals surface area contributed by atoms with Crippen LogP contribution in [-0.4, -0.2) is 14.5 Å². The van der Waals surface area contributed by atoms with Gasteiger partial charge in [-0.15, -0.1) is 0 Å². The highest BCUT2D eigenvalue weighted by atomic mass is 79.9. The number of nitrogen functional groups attached to an aromatic ring is 1. The number of pyridine rings is 1. The van der Waals surface area contributed by atoms with Crippen LogP contribution in [0, 0.1) is 5.92 Å². The van der Waals surface area contributed by atoms with Gasteiger partial charge in [0.05, 0.1) is 0 Å². The molecule has 3 rings (SSSR count). The number of hydrogen-bond donors (Lipinski definition) is 1. The minimum atomic E-state index is 0.584. The Bertz CT molecular complexity index is 557. The Labute approximate surface area is 115 Å². The zero-order valence-corrected chi connectivity index (χ0v) is 11.9. The maximum Gasteiger partial charge on any atom is 0.202 e. The van der Waals surface area contributed by atoms with Gasteiger partial charge >= 0.3 is 0 Å². The molecule has 4 nitrogen and oxygen atoms in total. The average Bonchev–Trinajstić information content (AvgIpc) is 2.66. The highest BCUT2D eigenvalue weighted by molar-refractivity contribution is 9.10. The van der Waals surface area contributed by atoms with E-state index in [1.807, 2.05) is 6.07 Å². The smallest absolute Gasteiger partial charge is 0.202 e. The maximum absolute atomic E-state index is 6.02. The molecule has 5 heteroatoms. The summed E-state index contributed by atoms with van der Waals surface area (Å²) in [5.74, 6) is 1.31. The molecule has 18 heavy (non-hydrogen) atoms. The Balaban J connectivity index is 1.92. The predicted molar refractivity (Wildman–Crippen MR) is 76.2 cm³/mol. The summed E-state index contributed by atoms with van der Waals surface area (Å²) < 4.78 is 3.01. The molecule has 1 aliphatic rings. The summed E-state index contributed by atoms with van der Waals surface area (Å²) in [6.45, 7) is 0.955. The van der Waals surface area contributed by atoms with E-state index in [1.165, 1.54) is 32.1 Å². The normalized spacial score (nSPS) is 17.4. The van der Waals surface area contributed by atoms with Crippen LogP contribution in [0.2, 0.25) is 0 Å². The van der Waals surface area contributed by atoms with E-state index in [0.717, 1.165) is 28.1 Å². The van der Waals surface area contributed by atoms with Gasteiger partial charge in [0.25, 0.3) is 0 Å². The van der Waals surface area contributed by atoms with E-state index >= 15 is 0 Å². The number of imidazole rings is 1. The van der Waals surface area contributed by atoms with Crippen molar-refractivity contribution in [2.45, 2.75) is 38.6 Å². The average molecular weight is 309 g/mol. The fourth-order valence-electron chi connectivity index (χ4n) is 2.81. The monoisotopic (exact) mass is 308 g/mol. The molecule has 0 saturated heterocycles. The lowest BCUT2D eigenvalue weighted by Gasteiger charge is -2.22. The van der Waals surface area contributed by atoms with Gasteiger partial charge in [0.2, 0.25) is 5.95 Å². The Kier molecular flexibility index (Phi) is 3.24. The zero-order valence-electron chi connectivity index (χ0n) is 10.3. The number of fused-ring (bicyclic) bond motifs is 1. The maximum atomic E-state index is 6.02. The van der Waals surface area contributed by atoms with Crippen LogP contribution in [0.25, 0.3) is 11.2 Å². The van der Waals surface area contributed by atoms with E-state index < -0.39 is 0 Å². The SMILES string of the molecule is Nc1nc2cc(Br)cnc2n1CC1CCCCC1. The molecule has 2 aromatic heterocycles. The van der Waals surface area contributed by atoms with Crippen LogP contribution in [-0.2, 0) is 6.54 Å². The highest BCUT2D eigenvalue weighted by Crippen LogP contribution is 2.28. The quantitative estimate of drug-likeness (QED) is 0.925. The van der Waals surface area contributed by atoms with Crippen LogP contribution >= 0.6 is 15.9 Å². The molecule has 2 heterocycles. The molecule has 0 spiro atoms. The number of anilines is 1. The summed E-state index contributed by atoms with van der Waals surface area (Å²) in [6, 6.07) is 1.97. The predicted octanol–water partition coefficient (Wildman–Crippen LogP) is 3.36. The van der Waals surface area contributed by atoms with Crippen LogP contribution in [0.1, 0.15) is 32.1 Å². The van der Waals surface area contributed by atoms with Crippen LogP contribution in [0.4, 0.5) is 5.95 Å². The van der Waals surface area contributed by atoms with Crippen molar-refractivity contribution in [1.29, 1.82) is 0 Å². The molecule has 0 amide bonds. The van der Waals surface area contributed by atoms with E-state index in [1.54, 1.807) is 6.20 Å². The standard InChI is InChI=1S/C13H17BrN4/c14-10-6-11-12(16-7-10)18(13(15)17-11)8-9-4-2-1-3-5-9/h6-7,9H,1-5,8H2,(H2,15,17). The Hall–Kier alpha value is -1.10. The highest BCUT2D eigenvalue weighted by Gasteiger charge is 2.17. The van der Waals surface area contributed by atoms with Crippen molar-refractivity contribution in [3.63, 3.8) is 0 Å². The molecule has 0 aliphatic heterocycles.